The molecule has 1 saturated carbocycles. The molecule has 0 heterocycles. The Kier molecular flexibility index (Phi) is 3.88. The molecule has 0 radical (unpaired) electrons. The molecule has 1 amide bonds. The Labute approximate surface area is 101 Å². The maximum Gasteiger partial charge on any atom is 0.221 e. The minimum absolute atomic E-state index is 0.267. The Bertz CT molecular complexity index is 355. The number of benzene rings is 1. The number of nitrogens with two attached hydrogens (primary N) is 1. The van der Waals surface area contributed by atoms with Gasteiger partial charge in [0.2, 0.25) is 5.91 Å². The average molecular weight is 235 g/mol. The van der Waals surface area contributed by atoms with Crippen molar-refractivity contribution in [3.05, 3.63) is 29.8 Å². The Balaban J connectivity index is 1.93. The molecule has 2 rings (SSSR count). The van der Waals surface area contributed by atoms with E-state index >= 15 is 0 Å². The molecule has 0 atom stereocenters. The van der Waals surface area contributed by atoms with E-state index in [1.165, 1.54) is 30.6 Å². The lowest BCUT2D eigenvalue weighted by Gasteiger charge is -2.08. The molecule has 0 aromatic heterocycles. The fourth-order valence-electron chi connectivity index (χ4n) is 2.09. The molecular formula is C13H17NOS. The molecule has 0 saturated heterocycles. The van der Waals surface area contributed by atoms with Gasteiger partial charge < -0.3 is 5.73 Å². The van der Waals surface area contributed by atoms with Gasteiger partial charge in [-0.25, -0.2) is 0 Å². The van der Waals surface area contributed by atoms with Crippen molar-refractivity contribution in [2.45, 2.75) is 42.2 Å². The van der Waals surface area contributed by atoms with Crippen LogP contribution < -0.4 is 5.73 Å². The van der Waals surface area contributed by atoms with Crippen LogP contribution in [0, 0.1) is 0 Å². The predicted octanol–water partition coefficient (Wildman–Crippen LogP) is 2.75. The lowest BCUT2D eigenvalue weighted by Crippen LogP contribution is -2.13. The van der Waals surface area contributed by atoms with E-state index in [9.17, 15) is 4.79 Å². The second-order valence-corrected chi connectivity index (χ2v) is 5.69. The molecule has 1 aliphatic rings. The van der Waals surface area contributed by atoms with Crippen LogP contribution >= 0.6 is 11.8 Å². The summed E-state index contributed by atoms with van der Waals surface area (Å²) in [7, 11) is 0. The second kappa shape index (κ2) is 5.39. The van der Waals surface area contributed by atoms with Crippen LogP contribution in [0.25, 0.3) is 0 Å². The highest BCUT2D eigenvalue weighted by Gasteiger charge is 2.15. The normalized spacial score (nSPS) is 16.5. The molecule has 0 spiro atoms. The zero-order valence-electron chi connectivity index (χ0n) is 9.32. The van der Waals surface area contributed by atoms with Crippen LogP contribution in [0.1, 0.15) is 31.2 Å². The molecule has 1 aromatic carbocycles. The number of thioether (sulfide) groups is 1. The van der Waals surface area contributed by atoms with Gasteiger partial charge in [0.15, 0.2) is 0 Å². The Hall–Kier alpha value is -0.960. The van der Waals surface area contributed by atoms with Crippen molar-refractivity contribution < 1.29 is 4.79 Å². The Morgan fingerprint density at radius 1 is 1.25 bits per heavy atom. The molecule has 3 heteroatoms. The van der Waals surface area contributed by atoms with E-state index in [4.69, 9.17) is 5.73 Å². The van der Waals surface area contributed by atoms with Crippen LogP contribution in [-0.4, -0.2) is 11.2 Å². The van der Waals surface area contributed by atoms with Gasteiger partial charge in [0.05, 0.1) is 6.42 Å². The highest BCUT2D eigenvalue weighted by Crippen LogP contribution is 2.34. The van der Waals surface area contributed by atoms with Gasteiger partial charge in [-0.05, 0) is 30.5 Å². The van der Waals surface area contributed by atoms with Crippen molar-refractivity contribution >= 4 is 17.7 Å². The summed E-state index contributed by atoms with van der Waals surface area (Å²) in [6.07, 6.45) is 5.77. The minimum atomic E-state index is -0.267. The summed E-state index contributed by atoms with van der Waals surface area (Å²) < 4.78 is 0. The number of primary amides is 1. The molecule has 86 valence electrons. The molecule has 0 bridgehead atoms. The van der Waals surface area contributed by atoms with Gasteiger partial charge in [-0.2, -0.15) is 0 Å². The first kappa shape index (κ1) is 11.5. The van der Waals surface area contributed by atoms with Crippen molar-refractivity contribution in [1.82, 2.24) is 0 Å². The maximum atomic E-state index is 10.7. The maximum absolute atomic E-state index is 10.7. The van der Waals surface area contributed by atoms with E-state index in [1.807, 2.05) is 23.9 Å². The minimum Gasteiger partial charge on any atom is -0.369 e. The summed E-state index contributed by atoms with van der Waals surface area (Å²) in [6, 6.07) is 8.20. The lowest BCUT2D eigenvalue weighted by molar-refractivity contribution is -0.117. The fraction of sp³-hybridized carbons (Fsp3) is 0.462. The molecule has 0 unspecified atom stereocenters. The SMILES string of the molecule is NC(=O)Cc1ccc(SC2CCCC2)cc1. The zero-order valence-corrected chi connectivity index (χ0v) is 10.1. The Morgan fingerprint density at radius 3 is 2.44 bits per heavy atom. The van der Waals surface area contributed by atoms with Crippen LogP contribution in [0.15, 0.2) is 29.2 Å². The summed E-state index contributed by atoms with van der Waals surface area (Å²) in [6.45, 7) is 0. The number of amides is 1. The van der Waals surface area contributed by atoms with Gasteiger partial charge in [-0.15, -0.1) is 11.8 Å². The lowest BCUT2D eigenvalue weighted by atomic mass is 10.1. The molecule has 2 nitrogen and oxygen atoms in total. The summed E-state index contributed by atoms with van der Waals surface area (Å²) in [4.78, 5) is 12.1. The van der Waals surface area contributed by atoms with E-state index in [1.54, 1.807) is 0 Å². The van der Waals surface area contributed by atoms with E-state index in [0.717, 1.165) is 10.8 Å². The number of hydrogen-bond donors (Lipinski definition) is 1. The number of rotatable bonds is 4. The van der Waals surface area contributed by atoms with Gasteiger partial charge >= 0.3 is 0 Å². The standard InChI is InChI=1S/C13H17NOS/c14-13(15)9-10-5-7-12(8-6-10)16-11-3-1-2-4-11/h5-8,11H,1-4,9H2,(H2,14,15). The van der Waals surface area contributed by atoms with Gasteiger partial charge in [0.1, 0.15) is 0 Å². The number of carbonyl (C=O) groups is 1. The third-order valence-electron chi connectivity index (χ3n) is 2.91. The first-order valence-electron chi connectivity index (χ1n) is 5.78. The van der Waals surface area contributed by atoms with E-state index < -0.39 is 0 Å². The molecule has 1 aromatic rings. The monoisotopic (exact) mass is 235 g/mol. The first-order valence-corrected chi connectivity index (χ1v) is 6.66. The average Bonchev–Trinajstić information content (AvgIpc) is 2.73. The van der Waals surface area contributed by atoms with Gasteiger partial charge in [-0.1, -0.05) is 25.0 Å². The largest absolute Gasteiger partial charge is 0.369 e. The highest BCUT2D eigenvalue weighted by molar-refractivity contribution is 8.00. The van der Waals surface area contributed by atoms with Crippen molar-refractivity contribution in [1.29, 1.82) is 0 Å². The third kappa shape index (κ3) is 3.27. The van der Waals surface area contributed by atoms with E-state index in [0.29, 0.717) is 6.42 Å². The number of carbonyl (C=O) groups excluding carboxylic acids is 1. The third-order valence-corrected chi connectivity index (χ3v) is 4.26. The zero-order chi connectivity index (χ0) is 11.4. The quantitative estimate of drug-likeness (QED) is 0.872. The van der Waals surface area contributed by atoms with Crippen LogP contribution in [0.3, 0.4) is 0 Å². The smallest absolute Gasteiger partial charge is 0.221 e. The van der Waals surface area contributed by atoms with Crippen molar-refractivity contribution in [2.75, 3.05) is 0 Å². The predicted molar refractivity (Wildman–Crippen MR) is 67.5 cm³/mol. The molecule has 16 heavy (non-hydrogen) atoms. The second-order valence-electron chi connectivity index (χ2n) is 4.31. The van der Waals surface area contributed by atoms with Gasteiger partial charge in [0, 0.05) is 10.1 Å². The van der Waals surface area contributed by atoms with Gasteiger partial charge in [0.25, 0.3) is 0 Å². The van der Waals surface area contributed by atoms with Crippen LogP contribution in [0.2, 0.25) is 0 Å². The van der Waals surface area contributed by atoms with Crippen LogP contribution in [0.5, 0.6) is 0 Å². The summed E-state index contributed by atoms with van der Waals surface area (Å²) >= 11 is 1.96. The molecule has 1 aliphatic carbocycles. The number of hydrogen-bond acceptors (Lipinski definition) is 2. The molecule has 1 fully saturated rings. The van der Waals surface area contributed by atoms with Crippen molar-refractivity contribution in [3.63, 3.8) is 0 Å². The van der Waals surface area contributed by atoms with E-state index in [-0.39, 0.29) is 5.91 Å². The molecule has 2 N–H and O–H groups in total. The van der Waals surface area contributed by atoms with Crippen LogP contribution in [0.4, 0.5) is 0 Å². The summed E-state index contributed by atoms with van der Waals surface area (Å²) in [5.74, 6) is -0.267. The summed E-state index contributed by atoms with van der Waals surface area (Å²) in [5.41, 5.74) is 6.15. The topological polar surface area (TPSA) is 43.1 Å². The first-order chi connectivity index (χ1) is 7.74. The fourth-order valence-corrected chi connectivity index (χ4v) is 3.33. The van der Waals surface area contributed by atoms with Crippen molar-refractivity contribution in [2.24, 2.45) is 5.73 Å². The highest BCUT2D eigenvalue weighted by atomic mass is 32.2. The van der Waals surface area contributed by atoms with Crippen LogP contribution in [-0.2, 0) is 11.2 Å². The molecular weight excluding hydrogens is 218 g/mol. The Morgan fingerprint density at radius 2 is 1.88 bits per heavy atom. The molecule has 0 aliphatic heterocycles. The summed E-state index contributed by atoms with van der Waals surface area (Å²) in [5, 5.41) is 0.794. The van der Waals surface area contributed by atoms with E-state index in [2.05, 4.69) is 12.1 Å². The van der Waals surface area contributed by atoms with Crippen molar-refractivity contribution in [3.8, 4) is 0 Å². The van der Waals surface area contributed by atoms with Gasteiger partial charge in [-0.3, -0.25) is 4.79 Å².